The van der Waals surface area contributed by atoms with E-state index >= 15 is 0 Å². The summed E-state index contributed by atoms with van der Waals surface area (Å²) < 4.78 is 0. The van der Waals surface area contributed by atoms with Gasteiger partial charge in [0.2, 0.25) is 11.8 Å². The Morgan fingerprint density at radius 2 is 2.12 bits per heavy atom. The molecule has 1 fully saturated rings. The van der Waals surface area contributed by atoms with E-state index in [2.05, 4.69) is 0 Å². The van der Waals surface area contributed by atoms with Gasteiger partial charge in [0, 0.05) is 0 Å². The number of carboxylic acid groups (broad SMARTS) is 1. The summed E-state index contributed by atoms with van der Waals surface area (Å²) >= 11 is 0. The number of β-lactam (4-membered cyclic amide) rings is 1. The number of aliphatic hydroxyl groups is 1. The minimum atomic E-state index is -1.18. The van der Waals surface area contributed by atoms with Gasteiger partial charge in [0.1, 0.15) is 5.70 Å². The largest absolute Gasteiger partial charge is 0.477 e. The van der Waals surface area contributed by atoms with Crippen LogP contribution in [0.1, 0.15) is 24.5 Å². The summed E-state index contributed by atoms with van der Waals surface area (Å²) in [5.74, 6) is -2.59. The SMILES string of the molecule is C[C@@H](O)[C@H]1C(=O)N2C(C(=O)O)=C(c3cccc(CC(N)=O)c3)C[C@H]12. The van der Waals surface area contributed by atoms with Crippen molar-refractivity contribution < 1.29 is 24.6 Å². The smallest absolute Gasteiger partial charge is 0.352 e. The topological polar surface area (TPSA) is 121 Å². The van der Waals surface area contributed by atoms with Crippen LogP contribution in [-0.4, -0.2) is 45.0 Å². The molecule has 0 bridgehead atoms. The van der Waals surface area contributed by atoms with Crippen LogP contribution in [0, 0.1) is 5.92 Å². The number of amides is 2. The number of aliphatic carboxylic acids is 1. The van der Waals surface area contributed by atoms with E-state index in [4.69, 9.17) is 5.73 Å². The molecule has 126 valence electrons. The molecule has 3 atom stereocenters. The van der Waals surface area contributed by atoms with Gasteiger partial charge in [0.25, 0.3) is 0 Å². The van der Waals surface area contributed by atoms with Gasteiger partial charge in [-0.2, -0.15) is 0 Å². The predicted octanol–water partition coefficient (Wildman–Crippen LogP) is 0.122. The van der Waals surface area contributed by atoms with Crippen LogP contribution < -0.4 is 5.73 Å². The summed E-state index contributed by atoms with van der Waals surface area (Å²) in [6.45, 7) is 1.53. The second-order valence-corrected chi connectivity index (χ2v) is 6.22. The average Bonchev–Trinajstić information content (AvgIpc) is 2.81. The van der Waals surface area contributed by atoms with Crippen LogP contribution in [0.15, 0.2) is 30.0 Å². The number of fused-ring (bicyclic) bond motifs is 1. The van der Waals surface area contributed by atoms with Crippen molar-refractivity contribution in [2.75, 3.05) is 0 Å². The molecule has 7 nitrogen and oxygen atoms in total. The fraction of sp³-hybridized carbons (Fsp3) is 0.353. The Bertz CT molecular complexity index is 768. The van der Waals surface area contributed by atoms with Crippen molar-refractivity contribution in [3.63, 3.8) is 0 Å². The Morgan fingerprint density at radius 3 is 2.71 bits per heavy atom. The van der Waals surface area contributed by atoms with Gasteiger partial charge in [-0.05, 0) is 30.0 Å². The molecule has 0 aromatic heterocycles. The summed E-state index contributed by atoms with van der Waals surface area (Å²) in [5, 5.41) is 19.3. The molecule has 0 saturated carbocycles. The van der Waals surface area contributed by atoms with Gasteiger partial charge >= 0.3 is 5.97 Å². The zero-order valence-electron chi connectivity index (χ0n) is 13.1. The first kappa shape index (κ1) is 16.2. The summed E-state index contributed by atoms with van der Waals surface area (Å²) in [5.41, 5.74) is 7.03. The summed E-state index contributed by atoms with van der Waals surface area (Å²) in [7, 11) is 0. The second kappa shape index (κ2) is 5.76. The third kappa shape index (κ3) is 2.46. The molecule has 7 heteroatoms. The first-order valence-corrected chi connectivity index (χ1v) is 7.66. The Labute approximate surface area is 138 Å². The number of primary amides is 1. The molecule has 24 heavy (non-hydrogen) atoms. The third-order valence-corrected chi connectivity index (χ3v) is 4.58. The summed E-state index contributed by atoms with van der Waals surface area (Å²) in [6, 6.07) is 6.60. The molecule has 0 aliphatic carbocycles. The predicted molar refractivity (Wildman–Crippen MR) is 84.3 cm³/mol. The van der Waals surface area contributed by atoms with Crippen LogP contribution in [0.3, 0.4) is 0 Å². The van der Waals surface area contributed by atoms with Crippen molar-refractivity contribution in [3.05, 3.63) is 41.1 Å². The molecule has 1 saturated heterocycles. The lowest BCUT2D eigenvalue weighted by Crippen LogP contribution is -2.61. The molecular formula is C17H18N2O5. The van der Waals surface area contributed by atoms with Crippen molar-refractivity contribution in [2.45, 2.75) is 31.9 Å². The van der Waals surface area contributed by atoms with Crippen molar-refractivity contribution in [1.29, 1.82) is 0 Å². The minimum absolute atomic E-state index is 0.0434. The average molecular weight is 330 g/mol. The number of carbonyl (C=O) groups is 3. The minimum Gasteiger partial charge on any atom is -0.477 e. The highest BCUT2D eigenvalue weighted by molar-refractivity contribution is 6.06. The first-order valence-electron chi connectivity index (χ1n) is 7.66. The number of rotatable bonds is 5. The Balaban J connectivity index is 2.00. The molecule has 0 radical (unpaired) electrons. The van der Waals surface area contributed by atoms with Crippen LogP contribution >= 0.6 is 0 Å². The van der Waals surface area contributed by atoms with E-state index in [1.54, 1.807) is 24.3 Å². The van der Waals surface area contributed by atoms with E-state index in [0.29, 0.717) is 23.1 Å². The van der Waals surface area contributed by atoms with Gasteiger partial charge in [-0.25, -0.2) is 4.79 Å². The highest BCUT2D eigenvalue weighted by Gasteiger charge is 2.56. The van der Waals surface area contributed by atoms with E-state index < -0.39 is 23.9 Å². The summed E-state index contributed by atoms with van der Waals surface area (Å²) in [6.07, 6.45) is -0.399. The Morgan fingerprint density at radius 1 is 1.42 bits per heavy atom. The summed E-state index contributed by atoms with van der Waals surface area (Å²) in [4.78, 5) is 36.2. The first-order chi connectivity index (χ1) is 11.3. The van der Waals surface area contributed by atoms with Crippen LogP contribution in [0.4, 0.5) is 0 Å². The molecule has 2 aliphatic rings. The number of hydrogen-bond acceptors (Lipinski definition) is 4. The molecular weight excluding hydrogens is 312 g/mol. The normalized spacial score (nSPS) is 23.8. The molecule has 0 spiro atoms. The molecule has 4 N–H and O–H groups in total. The van der Waals surface area contributed by atoms with Gasteiger partial charge in [0.05, 0.1) is 24.5 Å². The van der Waals surface area contributed by atoms with E-state index in [9.17, 15) is 24.6 Å². The number of nitrogens with zero attached hydrogens (tertiary/aromatic N) is 1. The molecule has 1 aromatic carbocycles. The number of hydrogen-bond donors (Lipinski definition) is 3. The maximum Gasteiger partial charge on any atom is 0.352 e. The third-order valence-electron chi connectivity index (χ3n) is 4.58. The maximum atomic E-state index is 12.2. The number of benzene rings is 1. The van der Waals surface area contributed by atoms with Crippen molar-refractivity contribution in [3.8, 4) is 0 Å². The van der Waals surface area contributed by atoms with Gasteiger partial charge in [-0.1, -0.05) is 24.3 Å². The van der Waals surface area contributed by atoms with Crippen molar-refractivity contribution >= 4 is 23.4 Å². The number of carbonyl (C=O) groups excluding carboxylic acids is 2. The number of nitrogens with two attached hydrogens (primary N) is 1. The second-order valence-electron chi connectivity index (χ2n) is 6.22. The highest BCUT2D eigenvalue weighted by atomic mass is 16.4. The van der Waals surface area contributed by atoms with Gasteiger partial charge in [0.15, 0.2) is 0 Å². The lowest BCUT2D eigenvalue weighted by atomic mass is 9.82. The van der Waals surface area contributed by atoms with Crippen molar-refractivity contribution in [2.24, 2.45) is 11.7 Å². The molecule has 2 aliphatic heterocycles. The molecule has 1 aromatic rings. The van der Waals surface area contributed by atoms with Crippen LogP contribution in [-0.2, 0) is 20.8 Å². The van der Waals surface area contributed by atoms with E-state index in [0.717, 1.165) is 0 Å². The lowest BCUT2D eigenvalue weighted by molar-refractivity contribution is -0.161. The molecule has 2 heterocycles. The fourth-order valence-corrected chi connectivity index (χ4v) is 3.60. The standard InChI is InChI=1S/C17H18N2O5/c1-8(20)14-12-7-11(15(17(23)24)19(12)16(14)22)10-4-2-3-9(5-10)6-13(18)21/h2-5,8,12,14,20H,6-7H2,1H3,(H2,18,21)(H,23,24)/t8-,12-,14-/m1/s1. The maximum absolute atomic E-state index is 12.2. The number of carboxylic acids is 1. The Kier molecular flexibility index (Phi) is 3.88. The monoisotopic (exact) mass is 330 g/mol. The highest BCUT2D eigenvalue weighted by Crippen LogP contribution is 2.46. The number of aliphatic hydroxyl groups excluding tert-OH is 1. The molecule has 0 unspecified atom stereocenters. The van der Waals surface area contributed by atoms with E-state index in [-0.39, 0.29) is 24.1 Å². The van der Waals surface area contributed by atoms with Crippen LogP contribution in [0.2, 0.25) is 0 Å². The zero-order valence-corrected chi connectivity index (χ0v) is 13.1. The van der Waals surface area contributed by atoms with Crippen LogP contribution in [0.25, 0.3) is 5.57 Å². The van der Waals surface area contributed by atoms with E-state index in [1.165, 1.54) is 11.8 Å². The molecule has 2 amide bonds. The van der Waals surface area contributed by atoms with Gasteiger partial charge in [-0.15, -0.1) is 0 Å². The Hall–Kier alpha value is -2.67. The van der Waals surface area contributed by atoms with Crippen LogP contribution in [0.5, 0.6) is 0 Å². The zero-order chi connectivity index (χ0) is 17.6. The molecule has 3 rings (SSSR count). The van der Waals surface area contributed by atoms with Gasteiger partial charge in [-0.3, -0.25) is 9.59 Å². The fourth-order valence-electron chi connectivity index (χ4n) is 3.60. The van der Waals surface area contributed by atoms with Crippen molar-refractivity contribution in [1.82, 2.24) is 4.90 Å². The lowest BCUT2D eigenvalue weighted by Gasteiger charge is -2.44. The van der Waals surface area contributed by atoms with E-state index in [1.807, 2.05) is 0 Å². The quantitative estimate of drug-likeness (QED) is 0.662. The van der Waals surface area contributed by atoms with Gasteiger partial charge < -0.3 is 20.8 Å².